The zero-order valence-corrected chi connectivity index (χ0v) is 12.8. The van der Waals surface area contributed by atoms with E-state index >= 15 is 0 Å². The van der Waals surface area contributed by atoms with Crippen molar-refractivity contribution in [2.75, 3.05) is 36.4 Å². The summed E-state index contributed by atoms with van der Waals surface area (Å²) in [5, 5.41) is 2.44. The molecule has 7 heteroatoms. The average molecular weight is 335 g/mol. The topological polar surface area (TPSA) is 35.6 Å². The number of nitrogens with one attached hydrogen (secondary N) is 1. The van der Waals surface area contributed by atoms with Gasteiger partial charge in [-0.05, 0) is 30.3 Å². The number of benzene rings is 2. The second-order valence-electron chi connectivity index (χ2n) is 5.51. The zero-order valence-electron chi connectivity index (χ0n) is 12.8. The van der Waals surface area contributed by atoms with E-state index in [9.17, 15) is 18.0 Å². The Balaban J connectivity index is 1.59. The fourth-order valence-electron chi connectivity index (χ4n) is 2.63. The van der Waals surface area contributed by atoms with Crippen molar-refractivity contribution >= 4 is 17.4 Å². The van der Waals surface area contributed by atoms with Gasteiger partial charge >= 0.3 is 6.03 Å². The molecule has 0 aromatic heterocycles. The van der Waals surface area contributed by atoms with Crippen LogP contribution in [-0.4, -0.2) is 37.1 Å². The highest BCUT2D eigenvalue weighted by Gasteiger charge is 2.22. The van der Waals surface area contributed by atoms with E-state index < -0.39 is 17.7 Å². The van der Waals surface area contributed by atoms with Gasteiger partial charge in [-0.15, -0.1) is 0 Å². The first-order chi connectivity index (χ1) is 11.5. The van der Waals surface area contributed by atoms with Gasteiger partial charge < -0.3 is 15.1 Å². The number of hydrogen-bond acceptors (Lipinski definition) is 2. The van der Waals surface area contributed by atoms with Crippen LogP contribution in [0.25, 0.3) is 0 Å². The molecule has 126 valence electrons. The molecule has 1 saturated heterocycles. The molecule has 0 atom stereocenters. The maximum atomic E-state index is 13.6. The lowest BCUT2D eigenvalue weighted by atomic mass is 10.2. The Labute approximate surface area is 137 Å². The van der Waals surface area contributed by atoms with Gasteiger partial charge in [0.2, 0.25) is 0 Å². The van der Waals surface area contributed by atoms with Gasteiger partial charge in [0.25, 0.3) is 0 Å². The predicted octanol–water partition coefficient (Wildman–Crippen LogP) is 3.46. The number of nitrogens with zero attached hydrogens (tertiary/aromatic N) is 2. The van der Waals surface area contributed by atoms with Crippen molar-refractivity contribution in [3.8, 4) is 0 Å². The van der Waals surface area contributed by atoms with Crippen LogP contribution in [0.4, 0.5) is 29.3 Å². The van der Waals surface area contributed by atoms with Gasteiger partial charge in [0, 0.05) is 37.9 Å². The quantitative estimate of drug-likeness (QED) is 0.912. The highest BCUT2D eigenvalue weighted by atomic mass is 19.1. The fraction of sp³-hybridized carbons (Fsp3) is 0.235. The average Bonchev–Trinajstić information content (AvgIpc) is 2.57. The summed E-state index contributed by atoms with van der Waals surface area (Å²) >= 11 is 0. The van der Waals surface area contributed by atoms with Crippen LogP contribution in [0.2, 0.25) is 0 Å². The largest absolute Gasteiger partial charge is 0.368 e. The van der Waals surface area contributed by atoms with E-state index in [2.05, 4.69) is 5.32 Å². The number of anilines is 2. The van der Waals surface area contributed by atoms with Crippen molar-refractivity contribution < 1.29 is 18.0 Å². The maximum Gasteiger partial charge on any atom is 0.322 e. The van der Waals surface area contributed by atoms with Crippen molar-refractivity contribution in [2.45, 2.75) is 0 Å². The molecule has 0 bridgehead atoms. The van der Waals surface area contributed by atoms with Crippen LogP contribution in [0.15, 0.2) is 42.5 Å². The van der Waals surface area contributed by atoms with Gasteiger partial charge in [0.1, 0.15) is 17.5 Å². The van der Waals surface area contributed by atoms with E-state index in [0.29, 0.717) is 26.2 Å². The Kier molecular flexibility index (Phi) is 4.59. The lowest BCUT2D eigenvalue weighted by Crippen LogP contribution is -2.50. The SMILES string of the molecule is O=C(Nc1ccc(F)cc1F)N1CCN(c2cccc(F)c2)CC1. The third kappa shape index (κ3) is 3.61. The highest BCUT2D eigenvalue weighted by Crippen LogP contribution is 2.19. The smallest absolute Gasteiger partial charge is 0.322 e. The van der Waals surface area contributed by atoms with Crippen LogP contribution >= 0.6 is 0 Å². The number of carbonyl (C=O) groups is 1. The summed E-state index contributed by atoms with van der Waals surface area (Å²) < 4.78 is 39.7. The second-order valence-corrected chi connectivity index (χ2v) is 5.51. The van der Waals surface area contributed by atoms with Gasteiger partial charge in [-0.25, -0.2) is 18.0 Å². The Morgan fingerprint density at radius 2 is 1.62 bits per heavy atom. The van der Waals surface area contributed by atoms with Crippen LogP contribution in [0.1, 0.15) is 0 Å². The molecule has 0 spiro atoms. The normalized spacial score (nSPS) is 14.6. The van der Waals surface area contributed by atoms with Gasteiger partial charge in [-0.3, -0.25) is 0 Å². The minimum atomic E-state index is -0.818. The molecule has 1 N–H and O–H groups in total. The summed E-state index contributed by atoms with van der Waals surface area (Å²) in [6.45, 7) is 1.93. The van der Waals surface area contributed by atoms with Crippen molar-refractivity contribution in [1.29, 1.82) is 0 Å². The summed E-state index contributed by atoms with van der Waals surface area (Å²) in [4.78, 5) is 15.7. The van der Waals surface area contributed by atoms with Gasteiger partial charge in [0.15, 0.2) is 0 Å². The molecule has 0 radical (unpaired) electrons. The molecular formula is C17H16F3N3O. The second kappa shape index (κ2) is 6.82. The molecule has 0 saturated carbocycles. The number of piperazine rings is 1. The molecule has 1 aliphatic heterocycles. The van der Waals surface area contributed by atoms with Crippen molar-refractivity contribution in [3.63, 3.8) is 0 Å². The molecule has 4 nitrogen and oxygen atoms in total. The van der Waals surface area contributed by atoms with E-state index in [1.807, 2.05) is 11.0 Å². The maximum absolute atomic E-state index is 13.6. The monoisotopic (exact) mass is 335 g/mol. The number of halogens is 3. The number of carbonyl (C=O) groups excluding carboxylic acids is 1. The summed E-state index contributed by atoms with van der Waals surface area (Å²) in [5.41, 5.74) is 0.702. The Hall–Kier alpha value is -2.70. The van der Waals surface area contributed by atoms with Crippen LogP contribution in [0.3, 0.4) is 0 Å². The molecule has 24 heavy (non-hydrogen) atoms. The molecule has 1 aliphatic rings. The molecule has 0 unspecified atom stereocenters. The Morgan fingerprint density at radius 3 is 2.29 bits per heavy atom. The van der Waals surface area contributed by atoms with Gasteiger partial charge in [-0.2, -0.15) is 0 Å². The molecule has 2 aromatic rings. The van der Waals surface area contributed by atoms with E-state index in [1.165, 1.54) is 18.2 Å². The zero-order chi connectivity index (χ0) is 17.1. The van der Waals surface area contributed by atoms with Gasteiger partial charge in [0.05, 0.1) is 5.69 Å². The first kappa shape index (κ1) is 16.2. The number of amides is 2. The number of urea groups is 1. The molecular weight excluding hydrogens is 319 g/mol. The van der Waals surface area contributed by atoms with Crippen LogP contribution in [0.5, 0.6) is 0 Å². The molecule has 3 rings (SSSR count). The highest BCUT2D eigenvalue weighted by molar-refractivity contribution is 5.89. The summed E-state index contributed by atoms with van der Waals surface area (Å²) in [6, 6.07) is 8.82. The van der Waals surface area contributed by atoms with Crippen LogP contribution in [0, 0.1) is 17.5 Å². The summed E-state index contributed by atoms with van der Waals surface area (Å²) in [7, 11) is 0. The van der Waals surface area contributed by atoms with Crippen molar-refractivity contribution in [1.82, 2.24) is 4.90 Å². The predicted molar refractivity (Wildman–Crippen MR) is 85.6 cm³/mol. The molecule has 2 amide bonds. The Morgan fingerprint density at radius 1 is 0.917 bits per heavy atom. The van der Waals surface area contributed by atoms with Gasteiger partial charge in [-0.1, -0.05) is 6.07 Å². The molecule has 2 aromatic carbocycles. The van der Waals surface area contributed by atoms with Crippen LogP contribution < -0.4 is 10.2 Å². The van der Waals surface area contributed by atoms with Crippen LogP contribution in [-0.2, 0) is 0 Å². The molecule has 1 fully saturated rings. The molecule has 1 heterocycles. The van der Waals surface area contributed by atoms with E-state index in [4.69, 9.17) is 0 Å². The van der Waals surface area contributed by atoms with E-state index in [1.54, 1.807) is 11.0 Å². The minimum absolute atomic E-state index is 0.0611. The summed E-state index contributed by atoms with van der Waals surface area (Å²) in [5.74, 6) is -1.82. The third-order valence-electron chi connectivity index (χ3n) is 3.91. The summed E-state index contributed by atoms with van der Waals surface area (Å²) in [6.07, 6.45) is 0. The van der Waals surface area contributed by atoms with E-state index in [0.717, 1.165) is 17.8 Å². The van der Waals surface area contributed by atoms with Crippen molar-refractivity contribution in [3.05, 3.63) is 59.9 Å². The standard InChI is InChI=1S/C17H16F3N3O/c18-12-2-1-3-14(10-12)22-6-8-23(9-7-22)17(24)21-16-5-4-13(19)11-15(16)20/h1-5,10-11H,6-9H2,(H,21,24). The first-order valence-corrected chi connectivity index (χ1v) is 7.54. The molecule has 0 aliphatic carbocycles. The first-order valence-electron chi connectivity index (χ1n) is 7.54. The third-order valence-corrected chi connectivity index (χ3v) is 3.91. The fourth-order valence-corrected chi connectivity index (χ4v) is 2.63. The van der Waals surface area contributed by atoms with Crippen molar-refractivity contribution in [2.24, 2.45) is 0 Å². The van der Waals surface area contributed by atoms with E-state index in [-0.39, 0.29) is 11.5 Å². The lowest BCUT2D eigenvalue weighted by molar-refractivity contribution is 0.208. The lowest BCUT2D eigenvalue weighted by Gasteiger charge is -2.36. The Bertz CT molecular complexity index is 746. The number of rotatable bonds is 2. The minimum Gasteiger partial charge on any atom is -0.368 e. The number of hydrogen-bond donors (Lipinski definition) is 1.